The van der Waals surface area contributed by atoms with E-state index in [0.29, 0.717) is 0 Å². The van der Waals surface area contributed by atoms with Crippen LogP contribution in [0.4, 0.5) is 14.5 Å². The second kappa shape index (κ2) is 6.18. The molecule has 0 saturated heterocycles. The minimum Gasteiger partial charge on any atom is -0.503 e. The quantitative estimate of drug-likeness (QED) is 0.207. The number of hydrogen-bond acceptors (Lipinski definition) is 4. The number of carboxylic acid groups (broad SMARTS) is 2. The standard InChI is InChI=1S/C6H5F2NO.C4H4O4/c7-3-1-2-4(9)6(10)5(3)8;1-2(3(5)6)4(7)8/h1-2,10H,9H2;1H2,(H,5,6)(H,7,8). The number of rotatable bonds is 2. The number of nitrogen functional groups attached to an aromatic ring is 1. The van der Waals surface area contributed by atoms with Gasteiger partial charge in [0.25, 0.3) is 0 Å². The highest BCUT2D eigenvalue weighted by Gasteiger charge is 2.10. The van der Waals surface area contributed by atoms with E-state index < -0.39 is 34.9 Å². The monoisotopic (exact) mass is 261 g/mol. The summed E-state index contributed by atoms with van der Waals surface area (Å²) in [6.45, 7) is 2.75. The molecule has 0 aliphatic rings. The van der Waals surface area contributed by atoms with Crippen LogP contribution < -0.4 is 5.73 Å². The van der Waals surface area contributed by atoms with Crippen molar-refractivity contribution in [2.24, 2.45) is 0 Å². The van der Waals surface area contributed by atoms with Crippen molar-refractivity contribution in [1.29, 1.82) is 0 Å². The zero-order valence-corrected chi connectivity index (χ0v) is 8.85. The van der Waals surface area contributed by atoms with E-state index >= 15 is 0 Å². The fourth-order valence-electron chi connectivity index (χ4n) is 0.646. The third kappa shape index (κ3) is 4.08. The van der Waals surface area contributed by atoms with E-state index in [1.807, 2.05) is 0 Å². The SMILES string of the molecule is C=C(C(=O)O)C(=O)O.Nc1ccc(F)c(F)c1O. The van der Waals surface area contributed by atoms with E-state index in [9.17, 15) is 18.4 Å². The molecule has 0 saturated carbocycles. The van der Waals surface area contributed by atoms with Gasteiger partial charge in [0, 0.05) is 0 Å². The molecule has 0 aliphatic carbocycles. The van der Waals surface area contributed by atoms with E-state index in [2.05, 4.69) is 6.58 Å². The second-order valence-corrected chi connectivity index (χ2v) is 2.89. The summed E-state index contributed by atoms with van der Waals surface area (Å²) < 4.78 is 24.5. The Balaban J connectivity index is 0.000000331. The first kappa shape index (κ1) is 15.4. The van der Waals surface area contributed by atoms with Crippen molar-refractivity contribution < 1.29 is 33.7 Å². The molecule has 0 aliphatic heterocycles. The fourth-order valence-corrected chi connectivity index (χ4v) is 0.646. The number of carboxylic acids is 2. The third-order valence-electron chi connectivity index (χ3n) is 1.62. The van der Waals surface area contributed by atoms with Crippen molar-refractivity contribution >= 4 is 17.6 Å². The largest absolute Gasteiger partial charge is 0.503 e. The molecule has 0 atom stereocenters. The molecule has 0 bridgehead atoms. The predicted molar refractivity (Wildman–Crippen MR) is 56.8 cm³/mol. The Morgan fingerprint density at radius 2 is 1.61 bits per heavy atom. The van der Waals surface area contributed by atoms with Crippen molar-refractivity contribution in [1.82, 2.24) is 0 Å². The van der Waals surface area contributed by atoms with Crippen molar-refractivity contribution in [2.45, 2.75) is 0 Å². The van der Waals surface area contributed by atoms with Crippen LogP contribution in [0.1, 0.15) is 0 Å². The molecule has 0 spiro atoms. The molecule has 8 heteroatoms. The Labute approximate surface area is 99.6 Å². The number of halogens is 2. The highest BCUT2D eigenvalue weighted by Crippen LogP contribution is 2.24. The molecule has 0 radical (unpaired) electrons. The topological polar surface area (TPSA) is 121 Å². The minimum absolute atomic E-state index is 0.168. The van der Waals surface area contributed by atoms with Gasteiger partial charge in [0.05, 0.1) is 5.69 Å². The molecule has 1 aromatic carbocycles. The van der Waals surface area contributed by atoms with E-state index in [1.165, 1.54) is 0 Å². The lowest BCUT2D eigenvalue weighted by Crippen LogP contribution is -2.08. The van der Waals surface area contributed by atoms with Crippen molar-refractivity contribution in [3.63, 3.8) is 0 Å². The number of benzene rings is 1. The number of anilines is 1. The lowest BCUT2D eigenvalue weighted by Gasteiger charge is -1.98. The van der Waals surface area contributed by atoms with Crippen LogP contribution in [0, 0.1) is 11.6 Å². The summed E-state index contributed by atoms with van der Waals surface area (Å²) in [5, 5.41) is 24.4. The predicted octanol–water partition coefficient (Wildman–Crippen LogP) is 0.964. The Kier molecular flexibility index (Phi) is 5.28. The first-order valence-corrected chi connectivity index (χ1v) is 4.26. The Morgan fingerprint density at radius 1 is 1.17 bits per heavy atom. The van der Waals surface area contributed by atoms with Gasteiger partial charge in [-0.05, 0) is 12.1 Å². The number of phenols is 1. The number of carbonyl (C=O) groups is 2. The Morgan fingerprint density at radius 3 is 1.89 bits per heavy atom. The van der Waals surface area contributed by atoms with Crippen LogP contribution in [-0.4, -0.2) is 27.3 Å². The summed E-state index contributed by atoms with van der Waals surface area (Å²) in [4.78, 5) is 19.3. The van der Waals surface area contributed by atoms with Gasteiger partial charge in [-0.15, -0.1) is 0 Å². The molecular weight excluding hydrogens is 252 g/mol. The molecule has 0 unspecified atom stereocenters. The highest BCUT2D eigenvalue weighted by atomic mass is 19.2. The molecule has 0 aromatic heterocycles. The van der Waals surface area contributed by atoms with Gasteiger partial charge in [-0.25, -0.2) is 14.0 Å². The normalized spacial score (nSPS) is 9.00. The van der Waals surface area contributed by atoms with Crippen LogP contribution >= 0.6 is 0 Å². The molecule has 1 aromatic rings. The number of phenolic OH excluding ortho intramolecular Hbond substituents is 1. The first-order chi connectivity index (χ1) is 8.18. The lowest BCUT2D eigenvalue weighted by atomic mass is 10.3. The summed E-state index contributed by atoms with van der Waals surface area (Å²) in [6.07, 6.45) is 0. The summed E-state index contributed by atoms with van der Waals surface area (Å²) >= 11 is 0. The molecule has 18 heavy (non-hydrogen) atoms. The van der Waals surface area contributed by atoms with Gasteiger partial charge in [0.2, 0.25) is 5.82 Å². The minimum atomic E-state index is -1.50. The highest BCUT2D eigenvalue weighted by molar-refractivity contribution is 6.11. The number of nitrogens with two attached hydrogens (primary N) is 1. The zero-order chi connectivity index (χ0) is 14.5. The first-order valence-electron chi connectivity index (χ1n) is 4.26. The summed E-state index contributed by atoms with van der Waals surface area (Å²) in [6, 6.07) is 1.94. The van der Waals surface area contributed by atoms with Crippen LogP contribution in [0.2, 0.25) is 0 Å². The fraction of sp³-hybridized carbons (Fsp3) is 0. The van der Waals surface area contributed by atoms with Gasteiger partial charge in [-0.1, -0.05) is 6.58 Å². The van der Waals surface area contributed by atoms with E-state index in [-0.39, 0.29) is 5.69 Å². The second-order valence-electron chi connectivity index (χ2n) is 2.89. The summed E-state index contributed by atoms with van der Waals surface area (Å²) in [5.41, 5.74) is 4.05. The van der Waals surface area contributed by atoms with Gasteiger partial charge in [0.15, 0.2) is 11.6 Å². The average molecular weight is 261 g/mol. The van der Waals surface area contributed by atoms with Crippen LogP contribution in [0.15, 0.2) is 24.3 Å². The van der Waals surface area contributed by atoms with Crippen LogP contribution in [0.5, 0.6) is 5.75 Å². The smallest absolute Gasteiger partial charge is 0.342 e. The molecule has 5 N–H and O–H groups in total. The summed E-state index contributed by atoms with van der Waals surface area (Å²) in [5.74, 6) is -6.25. The van der Waals surface area contributed by atoms with Crippen LogP contribution in [0.25, 0.3) is 0 Å². The lowest BCUT2D eigenvalue weighted by molar-refractivity contribution is -0.140. The number of aliphatic carboxylic acids is 2. The molecule has 0 fully saturated rings. The van der Waals surface area contributed by atoms with Gasteiger partial charge in [-0.3, -0.25) is 0 Å². The molecule has 6 nitrogen and oxygen atoms in total. The maximum absolute atomic E-state index is 12.3. The summed E-state index contributed by atoms with van der Waals surface area (Å²) in [7, 11) is 0. The van der Waals surface area contributed by atoms with E-state index in [4.69, 9.17) is 21.1 Å². The van der Waals surface area contributed by atoms with E-state index in [1.54, 1.807) is 0 Å². The molecule has 0 amide bonds. The maximum atomic E-state index is 12.3. The van der Waals surface area contributed by atoms with Crippen molar-refractivity contribution in [3.8, 4) is 5.75 Å². The van der Waals surface area contributed by atoms with Crippen LogP contribution in [0.3, 0.4) is 0 Å². The number of hydrogen-bond donors (Lipinski definition) is 4. The molecule has 1 rings (SSSR count). The van der Waals surface area contributed by atoms with Gasteiger partial charge >= 0.3 is 11.9 Å². The third-order valence-corrected chi connectivity index (χ3v) is 1.62. The zero-order valence-electron chi connectivity index (χ0n) is 8.85. The molecule has 0 heterocycles. The van der Waals surface area contributed by atoms with Crippen molar-refractivity contribution in [3.05, 3.63) is 35.9 Å². The average Bonchev–Trinajstić information content (AvgIpc) is 2.31. The van der Waals surface area contributed by atoms with Crippen molar-refractivity contribution in [2.75, 3.05) is 5.73 Å². The van der Waals surface area contributed by atoms with Gasteiger partial charge in [0.1, 0.15) is 5.57 Å². The van der Waals surface area contributed by atoms with E-state index in [0.717, 1.165) is 12.1 Å². The Hall–Kier alpha value is -2.64. The van der Waals surface area contributed by atoms with Gasteiger partial charge in [-0.2, -0.15) is 4.39 Å². The molecule has 98 valence electrons. The van der Waals surface area contributed by atoms with Gasteiger partial charge < -0.3 is 21.1 Å². The maximum Gasteiger partial charge on any atom is 0.342 e. The molecular formula is C10H9F2NO5. The number of aromatic hydroxyl groups is 1. The Bertz CT molecular complexity index is 458. The van der Waals surface area contributed by atoms with Crippen LogP contribution in [-0.2, 0) is 9.59 Å².